The van der Waals surface area contributed by atoms with Crippen LogP contribution in [-0.2, 0) is 6.54 Å². The number of fused-ring (bicyclic) bond motifs is 2. The van der Waals surface area contributed by atoms with Gasteiger partial charge in [0, 0.05) is 35.1 Å². The zero-order chi connectivity index (χ0) is 17.9. The average Bonchev–Trinajstić information content (AvgIpc) is 3.15. The molecule has 2 unspecified atom stereocenters. The van der Waals surface area contributed by atoms with Crippen LogP contribution in [0.3, 0.4) is 0 Å². The normalized spacial score (nSPS) is 25.7. The molecule has 3 heterocycles. The van der Waals surface area contributed by atoms with E-state index in [1.54, 1.807) is 7.11 Å². The van der Waals surface area contributed by atoms with Gasteiger partial charge in [-0.1, -0.05) is 12.5 Å². The largest absolute Gasteiger partial charge is 0.497 e. The van der Waals surface area contributed by atoms with Crippen LogP contribution in [0.1, 0.15) is 47.3 Å². The number of methoxy groups -OCH3 is 1. The van der Waals surface area contributed by atoms with Crippen LogP contribution < -0.4 is 10.1 Å². The van der Waals surface area contributed by atoms with Crippen molar-refractivity contribution in [3.8, 4) is 5.75 Å². The topological polar surface area (TPSA) is 41.6 Å². The minimum absolute atomic E-state index is 0.0300. The maximum absolute atomic E-state index is 12.6. The van der Waals surface area contributed by atoms with Crippen molar-refractivity contribution in [1.29, 1.82) is 0 Å². The highest BCUT2D eigenvalue weighted by Gasteiger charge is 2.38. The fourth-order valence-corrected chi connectivity index (χ4v) is 5.16. The van der Waals surface area contributed by atoms with Gasteiger partial charge >= 0.3 is 0 Å². The number of amides is 1. The van der Waals surface area contributed by atoms with Gasteiger partial charge < -0.3 is 10.1 Å². The van der Waals surface area contributed by atoms with Crippen LogP contribution in [0, 0.1) is 0 Å². The van der Waals surface area contributed by atoms with Gasteiger partial charge in [0.05, 0.1) is 7.11 Å². The van der Waals surface area contributed by atoms with Gasteiger partial charge in [0.15, 0.2) is 0 Å². The molecule has 2 aliphatic rings. The van der Waals surface area contributed by atoms with Crippen molar-refractivity contribution in [2.45, 2.75) is 56.8 Å². The Bertz CT molecular complexity index is 715. The lowest BCUT2D eigenvalue weighted by molar-refractivity contribution is 0.0184. The standard InChI is InChI=1S/C21H26N2O2S/c1-25-19-9-7-15(8-10-19)21(24)22-16-12-17-4-2-5-18(13-16)23(17)14-20-6-3-11-26-20/h3,6-11,16-18H,2,4-5,12-14H2,1H3,(H,22,24). The van der Waals surface area contributed by atoms with Crippen LogP contribution in [0.25, 0.3) is 0 Å². The summed E-state index contributed by atoms with van der Waals surface area (Å²) < 4.78 is 5.17. The molecule has 1 N–H and O–H groups in total. The summed E-state index contributed by atoms with van der Waals surface area (Å²) in [4.78, 5) is 16.7. The number of ether oxygens (including phenoxy) is 1. The molecule has 4 rings (SSSR count). The molecule has 2 saturated heterocycles. The molecule has 2 atom stereocenters. The number of hydrogen-bond donors (Lipinski definition) is 1. The molecule has 5 heteroatoms. The third-order valence-electron chi connectivity index (χ3n) is 5.73. The van der Waals surface area contributed by atoms with Crippen molar-refractivity contribution >= 4 is 17.2 Å². The van der Waals surface area contributed by atoms with Gasteiger partial charge in [0.25, 0.3) is 5.91 Å². The number of nitrogens with zero attached hydrogens (tertiary/aromatic N) is 1. The molecule has 0 saturated carbocycles. The predicted molar refractivity (Wildman–Crippen MR) is 105 cm³/mol. The fourth-order valence-electron chi connectivity index (χ4n) is 4.45. The molecular formula is C21H26N2O2S. The van der Waals surface area contributed by atoms with E-state index in [1.807, 2.05) is 35.6 Å². The van der Waals surface area contributed by atoms with Crippen molar-refractivity contribution in [2.24, 2.45) is 0 Å². The quantitative estimate of drug-likeness (QED) is 0.862. The Morgan fingerprint density at radius 1 is 1.19 bits per heavy atom. The average molecular weight is 371 g/mol. The van der Waals surface area contributed by atoms with E-state index < -0.39 is 0 Å². The monoisotopic (exact) mass is 370 g/mol. The van der Waals surface area contributed by atoms with Gasteiger partial charge in [-0.2, -0.15) is 0 Å². The van der Waals surface area contributed by atoms with Gasteiger partial charge in [-0.25, -0.2) is 0 Å². The minimum atomic E-state index is 0.0300. The molecule has 4 nitrogen and oxygen atoms in total. The Morgan fingerprint density at radius 3 is 2.54 bits per heavy atom. The number of piperidine rings is 2. The minimum Gasteiger partial charge on any atom is -0.497 e. The van der Waals surface area contributed by atoms with Crippen LogP contribution in [0.15, 0.2) is 41.8 Å². The van der Waals surface area contributed by atoms with E-state index >= 15 is 0 Å². The van der Waals surface area contributed by atoms with E-state index in [1.165, 1.54) is 24.1 Å². The summed E-state index contributed by atoms with van der Waals surface area (Å²) in [5, 5.41) is 5.44. The molecule has 0 radical (unpaired) electrons. The number of hydrogen-bond acceptors (Lipinski definition) is 4. The van der Waals surface area contributed by atoms with E-state index in [9.17, 15) is 4.79 Å². The summed E-state index contributed by atoms with van der Waals surface area (Å²) >= 11 is 1.85. The summed E-state index contributed by atoms with van der Waals surface area (Å²) in [5.41, 5.74) is 0.706. The lowest BCUT2D eigenvalue weighted by atomic mass is 9.81. The summed E-state index contributed by atoms with van der Waals surface area (Å²) in [6.45, 7) is 1.06. The summed E-state index contributed by atoms with van der Waals surface area (Å²) in [6.07, 6.45) is 5.93. The summed E-state index contributed by atoms with van der Waals surface area (Å²) in [6, 6.07) is 13.2. The van der Waals surface area contributed by atoms with Gasteiger partial charge in [0.2, 0.25) is 0 Å². The lowest BCUT2D eigenvalue weighted by Gasteiger charge is -2.49. The zero-order valence-electron chi connectivity index (χ0n) is 15.2. The van der Waals surface area contributed by atoms with E-state index in [2.05, 4.69) is 27.7 Å². The molecule has 0 spiro atoms. The highest BCUT2D eigenvalue weighted by atomic mass is 32.1. The molecule has 1 aromatic carbocycles. The number of benzene rings is 1. The molecule has 0 aliphatic carbocycles. The van der Waals surface area contributed by atoms with Crippen LogP contribution in [0.5, 0.6) is 5.75 Å². The second-order valence-electron chi connectivity index (χ2n) is 7.36. The molecule has 2 aliphatic heterocycles. The molecule has 2 aromatic rings. The van der Waals surface area contributed by atoms with Gasteiger partial charge in [-0.05, 0) is 61.4 Å². The Balaban J connectivity index is 1.39. The molecule has 138 valence electrons. The van der Waals surface area contributed by atoms with Crippen molar-refractivity contribution in [3.05, 3.63) is 52.2 Å². The first-order valence-electron chi connectivity index (χ1n) is 9.46. The van der Waals surface area contributed by atoms with E-state index in [0.29, 0.717) is 17.6 Å². The maximum Gasteiger partial charge on any atom is 0.251 e. The van der Waals surface area contributed by atoms with Crippen molar-refractivity contribution in [3.63, 3.8) is 0 Å². The molecule has 26 heavy (non-hydrogen) atoms. The van der Waals surface area contributed by atoms with Crippen molar-refractivity contribution in [2.75, 3.05) is 7.11 Å². The molecule has 1 amide bonds. The molecular weight excluding hydrogens is 344 g/mol. The Hall–Kier alpha value is -1.85. The predicted octanol–water partition coefficient (Wildman–Crippen LogP) is 4.07. The fraction of sp³-hybridized carbons (Fsp3) is 0.476. The third-order valence-corrected chi connectivity index (χ3v) is 6.59. The lowest BCUT2D eigenvalue weighted by Crippen LogP contribution is -2.56. The Labute approximate surface area is 159 Å². The number of carbonyl (C=O) groups excluding carboxylic acids is 1. The van der Waals surface area contributed by atoms with Crippen LogP contribution in [0.2, 0.25) is 0 Å². The van der Waals surface area contributed by atoms with E-state index in [4.69, 9.17) is 4.74 Å². The maximum atomic E-state index is 12.6. The first kappa shape index (κ1) is 17.6. The molecule has 1 aromatic heterocycles. The highest BCUT2D eigenvalue weighted by Crippen LogP contribution is 2.35. The number of thiophene rings is 1. The summed E-state index contributed by atoms with van der Waals surface area (Å²) in [5.74, 6) is 0.806. The summed E-state index contributed by atoms with van der Waals surface area (Å²) in [7, 11) is 1.64. The highest BCUT2D eigenvalue weighted by molar-refractivity contribution is 7.09. The molecule has 2 fully saturated rings. The Kier molecular flexibility index (Phi) is 5.27. The number of carbonyl (C=O) groups is 1. The van der Waals surface area contributed by atoms with Crippen molar-refractivity contribution < 1.29 is 9.53 Å². The van der Waals surface area contributed by atoms with Gasteiger partial charge in [-0.3, -0.25) is 9.69 Å². The van der Waals surface area contributed by atoms with Crippen LogP contribution in [-0.4, -0.2) is 36.0 Å². The van der Waals surface area contributed by atoms with Gasteiger partial charge in [0.1, 0.15) is 5.75 Å². The number of nitrogens with one attached hydrogen (secondary N) is 1. The molecule has 2 bridgehead atoms. The zero-order valence-corrected chi connectivity index (χ0v) is 16.0. The number of rotatable bonds is 5. The van der Waals surface area contributed by atoms with Crippen LogP contribution in [0.4, 0.5) is 0 Å². The second kappa shape index (κ2) is 7.80. The van der Waals surface area contributed by atoms with E-state index in [0.717, 1.165) is 25.1 Å². The van der Waals surface area contributed by atoms with Crippen molar-refractivity contribution in [1.82, 2.24) is 10.2 Å². The SMILES string of the molecule is COc1ccc(C(=O)NC2CC3CCCC(C2)N3Cc2cccs2)cc1. The van der Waals surface area contributed by atoms with Crippen LogP contribution >= 0.6 is 11.3 Å². The second-order valence-corrected chi connectivity index (χ2v) is 8.39. The first-order valence-corrected chi connectivity index (χ1v) is 10.3. The third kappa shape index (κ3) is 3.79. The smallest absolute Gasteiger partial charge is 0.251 e. The van der Waals surface area contributed by atoms with E-state index in [-0.39, 0.29) is 11.9 Å². The van der Waals surface area contributed by atoms with Gasteiger partial charge in [-0.15, -0.1) is 11.3 Å². The Morgan fingerprint density at radius 2 is 1.92 bits per heavy atom. The first-order chi connectivity index (χ1) is 12.7.